The van der Waals surface area contributed by atoms with Crippen molar-refractivity contribution in [3.63, 3.8) is 0 Å². The largest absolute Gasteiger partial charge is 0.493 e. The summed E-state index contributed by atoms with van der Waals surface area (Å²) < 4.78 is 53.0. The lowest BCUT2D eigenvalue weighted by Crippen LogP contribution is -2.51. The Hall–Kier alpha value is -4.12. The van der Waals surface area contributed by atoms with E-state index in [1.54, 1.807) is 37.3 Å². The summed E-state index contributed by atoms with van der Waals surface area (Å²) in [4.78, 5) is 28.1. The van der Waals surface area contributed by atoms with Crippen molar-refractivity contribution in [2.45, 2.75) is 38.3 Å². The van der Waals surface area contributed by atoms with Crippen molar-refractivity contribution in [3.8, 4) is 11.5 Å². The summed E-state index contributed by atoms with van der Waals surface area (Å²) in [7, 11) is -1.45. The molecule has 11 heteroatoms. The molecule has 0 aromatic heterocycles. The molecule has 3 rings (SSSR count). The predicted molar refractivity (Wildman–Crippen MR) is 155 cm³/mol. The van der Waals surface area contributed by atoms with Crippen LogP contribution in [0, 0.1) is 11.7 Å². The Kier molecular flexibility index (Phi) is 10.7. The molecule has 0 aliphatic carbocycles. The molecular formula is C30H36FN3O6S. The molecule has 0 bridgehead atoms. The van der Waals surface area contributed by atoms with Gasteiger partial charge in [-0.2, -0.15) is 0 Å². The van der Waals surface area contributed by atoms with Gasteiger partial charge in [0.1, 0.15) is 18.4 Å². The quantitative estimate of drug-likeness (QED) is 0.322. The highest BCUT2D eigenvalue weighted by Crippen LogP contribution is 2.32. The van der Waals surface area contributed by atoms with Gasteiger partial charge in [-0.15, -0.1) is 0 Å². The van der Waals surface area contributed by atoms with Crippen LogP contribution >= 0.6 is 0 Å². The number of benzene rings is 3. The smallest absolute Gasteiger partial charge is 0.264 e. The number of para-hydroxylation sites is 1. The molecule has 0 heterocycles. The van der Waals surface area contributed by atoms with Crippen LogP contribution in [-0.2, 0) is 26.2 Å². The Morgan fingerprint density at radius 3 is 2.12 bits per heavy atom. The minimum absolute atomic E-state index is 0.0333. The molecule has 0 saturated heterocycles. The zero-order valence-electron chi connectivity index (χ0n) is 23.8. The average molecular weight is 586 g/mol. The van der Waals surface area contributed by atoms with Crippen molar-refractivity contribution in [2.75, 3.05) is 31.6 Å². The Bertz CT molecular complexity index is 1430. The first kappa shape index (κ1) is 31.4. The van der Waals surface area contributed by atoms with E-state index in [0.29, 0.717) is 17.9 Å². The first-order valence-corrected chi connectivity index (χ1v) is 14.5. The van der Waals surface area contributed by atoms with Crippen LogP contribution in [0.1, 0.15) is 26.3 Å². The van der Waals surface area contributed by atoms with Crippen LogP contribution in [0.3, 0.4) is 0 Å². The van der Waals surface area contributed by atoms with E-state index < -0.39 is 34.3 Å². The molecule has 1 N–H and O–H groups in total. The van der Waals surface area contributed by atoms with Crippen LogP contribution in [0.5, 0.6) is 11.5 Å². The van der Waals surface area contributed by atoms with E-state index in [4.69, 9.17) is 9.47 Å². The van der Waals surface area contributed by atoms with E-state index in [-0.39, 0.29) is 34.7 Å². The first-order chi connectivity index (χ1) is 19.5. The lowest BCUT2D eigenvalue weighted by Gasteiger charge is -2.32. The molecule has 220 valence electrons. The summed E-state index contributed by atoms with van der Waals surface area (Å²) in [6.45, 7) is 5.25. The molecule has 1 atom stereocenters. The maximum absolute atomic E-state index is 14.0. The van der Waals surface area contributed by atoms with Gasteiger partial charge in [-0.1, -0.05) is 44.2 Å². The average Bonchev–Trinajstić information content (AvgIpc) is 2.97. The predicted octanol–water partition coefficient (Wildman–Crippen LogP) is 4.23. The topological polar surface area (TPSA) is 105 Å². The van der Waals surface area contributed by atoms with Crippen LogP contribution in [0.4, 0.5) is 10.1 Å². The van der Waals surface area contributed by atoms with E-state index in [1.165, 1.54) is 61.6 Å². The summed E-state index contributed by atoms with van der Waals surface area (Å²) in [5.74, 6) is -0.697. The van der Waals surface area contributed by atoms with Gasteiger partial charge in [0.15, 0.2) is 11.5 Å². The number of ether oxygens (including phenoxy) is 2. The standard InChI is InChI=1S/C30H36FN3O6S/c1-21(2)18-32-30(36)22(3)33(19-23-11-13-24(31)14-12-23)29(35)20-34(25-9-7-6-8-10-25)41(37,38)26-15-16-27(39-4)28(17-26)40-5/h6-17,21-22H,18-20H2,1-5H3,(H,32,36). The number of anilines is 1. The number of nitrogens with one attached hydrogen (secondary N) is 1. The summed E-state index contributed by atoms with van der Waals surface area (Å²) in [5.41, 5.74) is 0.839. The lowest BCUT2D eigenvalue weighted by molar-refractivity contribution is -0.139. The number of hydrogen-bond acceptors (Lipinski definition) is 6. The van der Waals surface area contributed by atoms with Gasteiger partial charge in [0.05, 0.1) is 24.8 Å². The van der Waals surface area contributed by atoms with E-state index in [2.05, 4.69) is 5.32 Å². The Balaban J connectivity index is 2.02. The highest BCUT2D eigenvalue weighted by molar-refractivity contribution is 7.92. The number of methoxy groups -OCH3 is 2. The number of carbonyl (C=O) groups is 2. The van der Waals surface area contributed by atoms with Gasteiger partial charge in [0.2, 0.25) is 11.8 Å². The van der Waals surface area contributed by atoms with Gasteiger partial charge in [0, 0.05) is 19.2 Å². The van der Waals surface area contributed by atoms with Gasteiger partial charge in [-0.05, 0) is 54.8 Å². The molecule has 0 radical (unpaired) electrons. The van der Waals surface area contributed by atoms with Crippen molar-refractivity contribution in [1.29, 1.82) is 0 Å². The number of rotatable bonds is 13. The zero-order chi connectivity index (χ0) is 30.2. The van der Waals surface area contributed by atoms with Crippen molar-refractivity contribution in [1.82, 2.24) is 10.2 Å². The van der Waals surface area contributed by atoms with Gasteiger partial charge >= 0.3 is 0 Å². The first-order valence-electron chi connectivity index (χ1n) is 13.1. The SMILES string of the molecule is COc1ccc(S(=O)(=O)N(CC(=O)N(Cc2ccc(F)cc2)C(C)C(=O)NCC(C)C)c2ccccc2)cc1OC. The fourth-order valence-corrected chi connectivity index (χ4v) is 5.48. The molecular weight excluding hydrogens is 549 g/mol. The van der Waals surface area contributed by atoms with E-state index in [0.717, 1.165) is 4.31 Å². The second-order valence-corrected chi connectivity index (χ2v) is 11.7. The molecule has 1 unspecified atom stereocenters. The fraction of sp³-hybridized carbons (Fsp3) is 0.333. The summed E-state index contributed by atoms with van der Waals surface area (Å²) in [6, 6.07) is 17.0. The Morgan fingerprint density at radius 2 is 1.54 bits per heavy atom. The van der Waals surface area contributed by atoms with E-state index >= 15 is 0 Å². The Morgan fingerprint density at radius 1 is 0.902 bits per heavy atom. The highest BCUT2D eigenvalue weighted by Gasteiger charge is 2.33. The summed E-state index contributed by atoms with van der Waals surface area (Å²) in [5, 5.41) is 2.83. The molecule has 3 aromatic carbocycles. The third kappa shape index (κ3) is 7.97. The number of hydrogen-bond donors (Lipinski definition) is 1. The molecule has 3 aromatic rings. The van der Waals surface area contributed by atoms with Crippen LogP contribution in [0.2, 0.25) is 0 Å². The van der Waals surface area contributed by atoms with Crippen LogP contribution < -0.4 is 19.1 Å². The highest BCUT2D eigenvalue weighted by atomic mass is 32.2. The van der Waals surface area contributed by atoms with Gasteiger partial charge in [0.25, 0.3) is 10.0 Å². The van der Waals surface area contributed by atoms with Crippen LogP contribution in [0.25, 0.3) is 0 Å². The van der Waals surface area contributed by atoms with Crippen LogP contribution in [0.15, 0.2) is 77.7 Å². The van der Waals surface area contributed by atoms with Crippen LogP contribution in [-0.4, -0.2) is 58.5 Å². The molecule has 0 fully saturated rings. The van der Waals surface area contributed by atoms with E-state index in [9.17, 15) is 22.4 Å². The molecule has 2 amide bonds. The molecule has 9 nitrogen and oxygen atoms in total. The second-order valence-electron chi connectivity index (χ2n) is 9.83. The third-order valence-corrected chi connectivity index (χ3v) is 8.15. The van der Waals surface area contributed by atoms with Gasteiger partial charge in [-0.3, -0.25) is 13.9 Å². The number of sulfonamides is 1. The van der Waals surface area contributed by atoms with Crippen molar-refractivity contribution in [3.05, 3.63) is 84.2 Å². The summed E-state index contributed by atoms with van der Waals surface area (Å²) in [6.07, 6.45) is 0. The maximum Gasteiger partial charge on any atom is 0.264 e. The molecule has 0 aliphatic heterocycles. The molecule has 41 heavy (non-hydrogen) atoms. The fourth-order valence-electron chi connectivity index (χ4n) is 4.05. The Labute approximate surface area is 240 Å². The minimum atomic E-state index is -4.29. The van der Waals surface area contributed by atoms with Crippen molar-refractivity contribution < 1.29 is 31.9 Å². The van der Waals surface area contributed by atoms with Gasteiger partial charge in [-0.25, -0.2) is 12.8 Å². The second kappa shape index (κ2) is 14.0. The third-order valence-electron chi connectivity index (χ3n) is 6.38. The van der Waals surface area contributed by atoms with Crippen molar-refractivity contribution in [2.24, 2.45) is 5.92 Å². The zero-order valence-corrected chi connectivity index (χ0v) is 24.7. The number of halogens is 1. The summed E-state index contributed by atoms with van der Waals surface area (Å²) >= 11 is 0. The molecule has 0 spiro atoms. The minimum Gasteiger partial charge on any atom is -0.493 e. The van der Waals surface area contributed by atoms with E-state index in [1.807, 2.05) is 13.8 Å². The lowest BCUT2D eigenvalue weighted by atomic mass is 10.1. The number of amides is 2. The number of nitrogens with zero attached hydrogens (tertiary/aromatic N) is 2. The maximum atomic E-state index is 14.0. The number of carbonyl (C=O) groups excluding carboxylic acids is 2. The molecule has 0 saturated carbocycles. The monoisotopic (exact) mass is 585 g/mol. The van der Waals surface area contributed by atoms with Crippen molar-refractivity contribution >= 4 is 27.5 Å². The molecule has 0 aliphatic rings. The van der Waals surface area contributed by atoms with Gasteiger partial charge < -0.3 is 19.7 Å². The normalized spacial score (nSPS) is 12.0.